The van der Waals surface area contributed by atoms with Gasteiger partial charge in [0.05, 0.1) is 30.4 Å². The van der Waals surface area contributed by atoms with E-state index in [9.17, 15) is 4.79 Å². The molecule has 0 radical (unpaired) electrons. The Balaban J connectivity index is 1.35. The van der Waals surface area contributed by atoms with E-state index in [0.29, 0.717) is 34.5 Å². The highest BCUT2D eigenvalue weighted by Gasteiger charge is 2.35. The standard InChI is InChI=1S/C25H24N6O3S/c1-16-9-11-17(12-10-16)19-14-20(22-8-5-13-34-22)31(29-19)23(32)15-35-25-28-27-24(30(25)26)18-6-3-4-7-21(18)33-2/h3-13,20H,14-15,26H2,1-2H3. The minimum absolute atomic E-state index is 0.0865. The number of nitrogens with two attached hydrogens (primary N) is 1. The molecule has 2 N–H and O–H groups in total. The van der Waals surface area contributed by atoms with E-state index in [4.69, 9.17) is 15.0 Å². The first-order valence-electron chi connectivity index (χ1n) is 11.0. The number of benzene rings is 2. The minimum Gasteiger partial charge on any atom is -0.496 e. The number of ether oxygens (including phenoxy) is 1. The number of hydrazone groups is 1. The monoisotopic (exact) mass is 488 g/mol. The van der Waals surface area contributed by atoms with Crippen molar-refractivity contribution in [2.45, 2.75) is 24.5 Å². The second-order valence-electron chi connectivity index (χ2n) is 8.05. The molecule has 2 aromatic carbocycles. The molecule has 1 unspecified atom stereocenters. The Kier molecular flexibility index (Phi) is 6.28. The van der Waals surface area contributed by atoms with E-state index in [1.807, 2.05) is 67.6 Å². The molecule has 35 heavy (non-hydrogen) atoms. The molecule has 0 aliphatic carbocycles. The van der Waals surface area contributed by atoms with Crippen LogP contribution >= 0.6 is 11.8 Å². The van der Waals surface area contributed by atoms with Gasteiger partial charge in [-0.1, -0.05) is 53.7 Å². The maximum atomic E-state index is 13.3. The highest BCUT2D eigenvalue weighted by atomic mass is 32.2. The molecule has 2 aromatic heterocycles. The number of carbonyl (C=O) groups is 1. The van der Waals surface area contributed by atoms with Crippen molar-refractivity contribution >= 4 is 23.4 Å². The summed E-state index contributed by atoms with van der Waals surface area (Å²) in [7, 11) is 1.58. The number of rotatable bonds is 7. The van der Waals surface area contributed by atoms with E-state index < -0.39 is 0 Å². The average molecular weight is 489 g/mol. The largest absolute Gasteiger partial charge is 0.496 e. The Bertz CT molecular complexity index is 1360. The summed E-state index contributed by atoms with van der Waals surface area (Å²) in [5.41, 5.74) is 3.70. The molecule has 0 saturated heterocycles. The molecule has 0 spiro atoms. The first kappa shape index (κ1) is 22.7. The van der Waals surface area contributed by atoms with Crippen molar-refractivity contribution in [1.29, 1.82) is 0 Å². The number of amides is 1. The molecular weight excluding hydrogens is 464 g/mol. The Morgan fingerprint density at radius 3 is 2.69 bits per heavy atom. The highest BCUT2D eigenvalue weighted by Crippen LogP contribution is 2.34. The number of aryl methyl sites for hydroxylation is 1. The number of aromatic nitrogens is 3. The second-order valence-corrected chi connectivity index (χ2v) is 8.99. The third-order valence-corrected chi connectivity index (χ3v) is 6.69. The van der Waals surface area contributed by atoms with Crippen molar-refractivity contribution in [3.8, 4) is 17.1 Å². The second kappa shape index (κ2) is 9.67. The van der Waals surface area contributed by atoms with Crippen molar-refractivity contribution in [3.63, 3.8) is 0 Å². The number of thioether (sulfide) groups is 1. The number of hydrogen-bond donors (Lipinski definition) is 1. The van der Waals surface area contributed by atoms with Crippen LogP contribution in [0.25, 0.3) is 11.4 Å². The fourth-order valence-electron chi connectivity index (χ4n) is 3.94. The number of nitrogens with zero attached hydrogens (tertiary/aromatic N) is 5. The lowest BCUT2D eigenvalue weighted by Gasteiger charge is -2.19. The Labute approximate surface area is 206 Å². The number of methoxy groups -OCH3 is 1. The van der Waals surface area contributed by atoms with E-state index >= 15 is 0 Å². The van der Waals surface area contributed by atoms with Crippen molar-refractivity contribution in [2.24, 2.45) is 5.10 Å². The van der Waals surface area contributed by atoms with Crippen LogP contribution in [0, 0.1) is 6.92 Å². The molecular formula is C25H24N6O3S. The zero-order chi connectivity index (χ0) is 24.4. The van der Waals surface area contributed by atoms with Gasteiger partial charge in [-0.15, -0.1) is 10.2 Å². The molecule has 9 nitrogen and oxygen atoms in total. The van der Waals surface area contributed by atoms with Gasteiger partial charge in [0.25, 0.3) is 5.91 Å². The summed E-state index contributed by atoms with van der Waals surface area (Å²) in [6, 6.07) is 18.9. The van der Waals surface area contributed by atoms with Gasteiger partial charge in [-0.3, -0.25) is 4.79 Å². The summed E-state index contributed by atoms with van der Waals surface area (Å²) in [6.07, 6.45) is 2.17. The van der Waals surface area contributed by atoms with E-state index in [2.05, 4.69) is 15.3 Å². The molecule has 0 saturated carbocycles. The topological polar surface area (TPSA) is 112 Å². The van der Waals surface area contributed by atoms with Crippen molar-refractivity contribution in [3.05, 3.63) is 83.8 Å². The predicted molar refractivity (Wildman–Crippen MR) is 134 cm³/mol. The lowest BCUT2D eigenvalue weighted by atomic mass is 10.0. The van der Waals surface area contributed by atoms with Crippen LogP contribution in [0.1, 0.15) is 29.3 Å². The smallest absolute Gasteiger partial charge is 0.253 e. The van der Waals surface area contributed by atoms with Crippen molar-refractivity contribution in [1.82, 2.24) is 19.9 Å². The van der Waals surface area contributed by atoms with Gasteiger partial charge in [-0.25, -0.2) is 9.69 Å². The summed E-state index contributed by atoms with van der Waals surface area (Å²) in [6.45, 7) is 2.04. The number of nitrogen functional groups attached to an aromatic ring is 1. The summed E-state index contributed by atoms with van der Waals surface area (Å²) >= 11 is 1.20. The SMILES string of the molecule is COc1ccccc1-c1nnc(SCC(=O)N2N=C(c3ccc(C)cc3)CC2c2ccco2)n1N. The van der Waals surface area contributed by atoms with Crippen LogP contribution in [0.5, 0.6) is 5.75 Å². The lowest BCUT2D eigenvalue weighted by molar-refractivity contribution is -0.130. The van der Waals surface area contributed by atoms with Crippen molar-refractivity contribution < 1.29 is 13.9 Å². The molecule has 1 atom stereocenters. The van der Waals surface area contributed by atoms with Gasteiger partial charge < -0.3 is 15.0 Å². The van der Waals surface area contributed by atoms with Crippen LogP contribution in [-0.4, -0.2) is 44.4 Å². The highest BCUT2D eigenvalue weighted by molar-refractivity contribution is 7.99. The molecule has 0 fully saturated rings. The van der Waals surface area contributed by atoms with Gasteiger partial charge in [-0.2, -0.15) is 5.10 Å². The van der Waals surface area contributed by atoms with E-state index in [1.165, 1.54) is 21.4 Å². The normalized spacial score (nSPS) is 15.3. The van der Waals surface area contributed by atoms with Crippen LogP contribution in [-0.2, 0) is 4.79 Å². The van der Waals surface area contributed by atoms with Crippen LogP contribution in [0.15, 0.2) is 81.6 Å². The first-order valence-corrected chi connectivity index (χ1v) is 12.0. The quantitative estimate of drug-likeness (QED) is 0.309. The van der Waals surface area contributed by atoms with E-state index in [-0.39, 0.29) is 17.7 Å². The van der Waals surface area contributed by atoms with Gasteiger partial charge in [0.15, 0.2) is 5.82 Å². The third-order valence-electron chi connectivity index (χ3n) is 5.76. The Morgan fingerprint density at radius 2 is 1.94 bits per heavy atom. The summed E-state index contributed by atoms with van der Waals surface area (Å²) < 4.78 is 12.4. The summed E-state index contributed by atoms with van der Waals surface area (Å²) in [5.74, 6) is 7.94. The van der Waals surface area contributed by atoms with Crippen LogP contribution in [0.2, 0.25) is 0 Å². The number of para-hydroxylation sites is 1. The lowest BCUT2D eigenvalue weighted by Crippen LogP contribution is -2.28. The third kappa shape index (κ3) is 4.52. The molecule has 1 amide bonds. The fraction of sp³-hybridized carbons (Fsp3) is 0.200. The minimum atomic E-state index is -0.311. The van der Waals surface area contributed by atoms with Crippen molar-refractivity contribution in [2.75, 3.05) is 18.7 Å². The van der Waals surface area contributed by atoms with Crippen LogP contribution < -0.4 is 10.6 Å². The summed E-state index contributed by atoms with van der Waals surface area (Å²) in [4.78, 5) is 13.3. The predicted octanol–water partition coefficient (Wildman–Crippen LogP) is 4.04. The molecule has 5 rings (SSSR count). The zero-order valence-electron chi connectivity index (χ0n) is 19.3. The van der Waals surface area contributed by atoms with Crippen LogP contribution in [0.4, 0.5) is 0 Å². The van der Waals surface area contributed by atoms with Crippen LogP contribution in [0.3, 0.4) is 0 Å². The van der Waals surface area contributed by atoms with Gasteiger partial charge in [-0.05, 0) is 36.8 Å². The molecule has 4 aromatic rings. The molecule has 1 aliphatic heterocycles. The number of hydrogen-bond acceptors (Lipinski definition) is 8. The Morgan fingerprint density at radius 1 is 1.14 bits per heavy atom. The fourth-order valence-corrected chi connectivity index (χ4v) is 4.65. The zero-order valence-corrected chi connectivity index (χ0v) is 20.1. The number of carbonyl (C=O) groups excluding carboxylic acids is 1. The molecule has 1 aliphatic rings. The number of furan rings is 1. The molecule has 3 heterocycles. The molecule has 0 bridgehead atoms. The first-order chi connectivity index (χ1) is 17.0. The van der Waals surface area contributed by atoms with Gasteiger partial charge in [0, 0.05) is 6.42 Å². The molecule has 10 heteroatoms. The van der Waals surface area contributed by atoms with Gasteiger partial charge in [0.2, 0.25) is 5.16 Å². The maximum Gasteiger partial charge on any atom is 0.253 e. The molecule has 178 valence electrons. The average Bonchev–Trinajstić information content (AvgIpc) is 3.63. The summed E-state index contributed by atoms with van der Waals surface area (Å²) in [5, 5.41) is 15.0. The van der Waals surface area contributed by atoms with Gasteiger partial charge in [0.1, 0.15) is 17.6 Å². The maximum absolute atomic E-state index is 13.3. The van der Waals surface area contributed by atoms with Gasteiger partial charge >= 0.3 is 0 Å². The Hall–Kier alpha value is -4.05. The van der Waals surface area contributed by atoms with E-state index in [0.717, 1.165) is 16.8 Å². The van der Waals surface area contributed by atoms with E-state index in [1.54, 1.807) is 13.4 Å².